The summed E-state index contributed by atoms with van der Waals surface area (Å²) in [6.45, 7) is 4.80. The first-order valence-corrected chi connectivity index (χ1v) is 9.94. The topological polar surface area (TPSA) is 55.8 Å². The average molecular weight is 383 g/mol. The summed E-state index contributed by atoms with van der Waals surface area (Å²) in [5.74, 6) is -0.651. The molecule has 1 atom stereocenters. The van der Waals surface area contributed by atoms with Gasteiger partial charge < -0.3 is 20.2 Å². The van der Waals surface area contributed by atoms with Crippen molar-refractivity contribution in [1.82, 2.24) is 10.2 Å². The maximum atomic E-state index is 14.3. The van der Waals surface area contributed by atoms with Crippen molar-refractivity contribution in [3.63, 3.8) is 0 Å². The quantitative estimate of drug-likeness (QED) is 0.855. The van der Waals surface area contributed by atoms with Crippen LogP contribution in [0.4, 0.5) is 10.1 Å². The maximum absolute atomic E-state index is 14.3. The van der Waals surface area contributed by atoms with E-state index < -0.39 is 11.9 Å². The Balaban J connectivity index is 1.55. The van der Waals surface area contributed by atoms with Crippen LogP contribution in [0.25, 0.3) is 11.1 Å². The third-order valence-corrected chi connectivity index (χ3v) is 5.51. The minimum Gasteiger partial charge on any atom is -0.391 e. The molecule has 0 bridgehead atoms. The number of anilines is 1. The molecule has 1 amide bonds. The number of amides is 1. The van der Waals surface area contributed by atoms with Crippen LogP contribution >= 0.6 is 0 Å². The van der Waals surface area contributed by atoms with Crippen molar-refractivity contribution in [2.75, 3.05) is 44.2 Å². The molecule has 0 aliphatic carbocycles. The van der Waals surface area contributed by atoms with E-state index in [1.165, 1.54) is 12.1 Å². The number of nitrogens with zero attached hydrogens (tertiary/aromatic N) is 2. The Morgan fingerprint density at radius 2 is 1.79 bits per heavy atom. The summed E-state index contributed by atoms with van der Waals surface area (Å²) < 4.78 is 14.3. The first kappa shape index (κ1) is 18.9. The van der Waals surface area contributed by atoms with Gasteiger partial charge in [-0.25, -0.2) is 4.39 Å². The molecule has 2 aliphatic rings. The molecule has 6 heteroatoms. The molecule has 2 N–H and O–H groups in total. The number of hydrogen-bond acceptors (Lipinski definition) is 4. The Labute approximate surface area is 164 Å². The predicted octanol–water partition coefficient (Wildman–Crippen LogP) is 2.50. The SMILES string of the molecule is O=C(c1cc(F)cc(-c2ccc(N3CCNCC3)cc2)c1)N1CCCC(O)C1. The highest BCUT2D eigenvalue weighted by Gasteiger charge is 2.23. The standard InChI is InChI=1S/C22H26FN3O2/c23-19-13-17(12-18(14-19)22(28)26-9-1-2-21(27)15-26)16-3-5-20(6-4-16)25-10-7-24-8-11-25/h3-6,12-14,21,24,27H,1-2,7-11,15H2. The Bertz CT molecular complexity index is 834. The van der Waals surface area contributed by atoms with Crippen LogP contribution in [-0.4, -0.2) is 61.3 Å². The maximum Gasteiger partial charge on any atom is 0.254 e. The number of halogens is 1. The third kappa shape index (κ3) is 4.18. The van der Waals surface area contributed by atoms with E-state index in [9.17, 15) is 14.3 Å². The zero-order valence-electron chi connectivity index (χ0n) is 15.9. The second-order valence-electron chi connectivity index (χ2n) is 7.56. The van der Waals surface area contributed by atoms with Gasteiger partial charge in [0, 0.05) is 50.5 Å². The van der Waals surface area contributed by atoms with Gasteiger partial charge in [-0.15, -0.1) is 0 Å². The minimum atomic E-state index is -0.497. The van der Waals surface area contributed by atoms with E-state index >= 15 is 0 Å². The molecule has 2 aliphatic heterocycles. The lowest BCUT2D eigenvalue weighted by Gasteiger charge is -2.30. The number of carbonyl (C=O) groups is 1. The number of β-amino-alcohol motifs (C(OH)–C–C–N with tert-alkyl or cyclic N) is 1. The number of aliphatic hydroxyl groups is 1. The molecule has 2 aromatic rings. The van der Waals surface area contributed by atoms with Crippen LogP contribution in [0.1, 0.15) is 23.2 Å². The summed E-state index contributed by atoms with van der Waals surface area (Å²) in [6.07, 6.45) is 0.975. The zero-order chi connectivity index (χ0) is 19.5. The molecule has 0 saturated carbocycles. The van der Waals surface area contributed by atoms with Crippen molar-refractivity contribution in [3.8, 4) is 11.1 Å². The summed E-state index contributed by atoms with van der Waals surface area (Å²) >= 11 is 0. The van der Waals surface area contributed by atoms with Crippen molar-refractivity contribution >= 4 is 11.6 Å². The van der Waals surface area contributed by atoms with Crippen molar-refractivity contribution < 1.29 is 14.3 Å². The van der Waals surface area contributed by atoms with E-state index in [0.717, 1.165) is 43.9 Å². The fourth-order valence-corrected chi connectivity index (χ4v) is 3.99. The molecule has 0 spiro atoms. The molecule has 2 fully saturated rings. The summed E-state index contributed by atoms with van der Waals surface area (Å²) in [6, 6.07) is 12.5. The molecular weight excluding hydrogens is 357 g/mol. The van der Waals surface area contributed by atoms with Gasteiger partial charge in [-0.2, -0.15) is 0 Å². The summed E-state index contributed by atoms with van der Waals surface area (Å²) in [5, 5.41) is 13.2. The Morgan fingerprint density at radius 3 is 2.50 bits per heavy atom. The first-order valence-electron chi connectivity index (χ1n) is 9.94. The van der Waals surface area contributed by atoms with Crippen LogP contribution < -0.4 is 10.2 Å². The lowest BCUT2D eigenvalue weighted by molar-refractivity contribution is 0.0473. The smallest absolute Gasteiger partial charge is 0.254 e. The number of piperazine rings is 1. The van der Waals surface area contributed by atoms with Crippen LogP contribution in [0.5, 0.6) is 0 Å². The van der Waals surface area contributed by atoms with Crippen molar-refractivity contribution in [2.24, 2.45) is 0 Å². The van der Waals surface area contributed by atoms with Crippen LogP contribution in [-0.2, 0) is 0 Å². The van der Waals surface area contributed by atoms with E-state index in [2.05, 4.69) is 10.2 Å². The molecule has 2 heterocycles. The van der Waals surface area contributed by atoms with Gasteiger partial charge in [0.2, 0.25) is 0 Å². The summed E-state index contributed by atoms with van der Waals surface area (Å²) in [5.41, 5.74) is 3.05. The monoisotopic (exact) mass is 383 g/mol. The van der Waals surface area contributed by atoms with Gasteiger partial charge in [0.05, 0.1) is 6.10 Å². The minimum absolute atomic E-state index is 0.225. The number of likely N-dealkylation sites (tertiary alicyclic amines) is 1. The number of aliphatic hydroxyl groups excluding tert-OH is 1. The van der Waals surface area contributed by atoms with Crippen LogP contribution in [0.3, 0.4) is 0 Å². The van der Waals surface area contributed by atoms with Gasteiger partial charge in [-0.3, -0.25) is 4.79 Å². The number of piperidine rings is 1. The van der Waals surface area contributed by atoms with Gasteiger partial charge in [0.25, 0.3) is 5.91 Å². The van der Waals surface area contributed by atoms with Crippen molar-refractivity contribution in [2.45, 2.75) is 18.9 Å². The molecule has 2 saturated heterocycles. The molecule has 148 valence electrons. The Hall–Kier alpha value is -2.44. The molecular formula is C22H26FN3O2. The number of hydrogen-bond donors (Lipinski definition) is 2. The zero-order valence-corrected chi connectivity index (χ0v) is 15.9. The number of rotatable bonds is 3. The van der Waals surface area contributed by atoms with E-state index in [0.29, 0.717) is 30.6 Å². The molecule has 4 rings (SSSR count). The number of carbonyl (C=O) groups excluding carboxylic acids is 1. The summed E-state index contributed by atoms with van der Waals surface area (Å²) in [4.78, 5) is 16.7. The third-order valence-electron chi connectivity index (χ3n) is 5.51. The van der Waals surface area contributed by atoms with Crippen LogP contribution in [0.2, 0.25) is 0 Å². The molecule has 2 aromatic carbocycles. The second kappa shape index (κ2) is 8.29. The molecule has 5 nitrogen and oxygen atoms in total. The van der Waals surface area contributed by atoms with Gasteiger partial charge in [0.1, 0.15) is 5.82 Å². The molecule has 1 unspecified atom stereocenters. The lowest BCUT2D eigenvalue weighted by atomic mass is 10.0. The van der Waals surface area contributed by atoms with Crippen molar-refractivity contribution in [3.05, 3.63) is 53.8 Å². The van der Waals surface area contributed by atoms with Gasteiger partial charge >= 0.3 is 0 Å². The Morgan fingerprint density at radius 1 is 1.04 bits per heavy atom. The van der Waals surface area contributed by atoms with Crippen LogP contribution in [0, 0.1) is 5.82 Å². The average Bonchev–Trinajstić information content (AvgIpc) is 2.73. The molecule has 28 heavy (non-hydrogen) atoms. The first-order chi connectivity index (χ1) is 13.6. The highest BCUT2D eigenvalue weighted by atomic mass is 19.1. The summed E-state index contributed by atoms with van der Waals surface area (Å²) in [7, 11) is 0. The van der Waals surface area contributed by atoms with E-state index in [1.807, 2.05) is 24.3 Å². The molecule has 0 radical (unpaired) electrons. The van der Waals surface area contributed by atoms with Crippen LogP contribution in [0.15, 0.2) is 42.5 Å². The normalized spacial score (nSPS) is 20.3. The van der Waals surface area contributed by atoms with Crippen molar-refractivity contribution in [1.29, 1.82) is 0 Å². The second-order valence-corrected chi connectivity index (χ2v) is 7.56. The fourth-order valence-electron chi connectivity index (χ4n) is 3.99. The fraction of sp³-hybridized carbons (Fsp3) is 0.409. The van der Waals surface area contributed by atoms with Gasteiger partial charge in [-0.05, 0) is 54.3 Å². The number of nitrogens with one attached hydrogen (secondary N) is 1. The van der Waals surface area contributed by atoms with E-state index in [1.54, 1.807) is 11.0 Å². The largest absolute Gasteiger partial charge is 0.391 e. The van der Waals surface area contributed by atoms with Gasteiger partial charge in [0.15, 0.2) is 0 Å². The number of benzene rings is 2. The highest BCUT2D eigenvalue weighted by Crippen LogP contribution is 2.26. The van der Waals surface area contributed by atoms with Gasteiger partial charge in [-0.1, -0.05) is 12.1 Å². The predicted molar refractivity (Wildman–Crippen MR) is 108 cm³/mol. The highest BCUT2D eigenvalue weighted by molar-refractivity contribution is 5.95. The molecule has 0 aromatic heterocycles. The lowest BCUT2D eigenvalue weighted by Crippen LogP contribution is -2.43. The van der Waals surface area contributed by atoms with E-state index in [-0.39, 0.29) is 5.91 Å². The Kier molecular flexibility index (Phi) is 5.59. The van der Waals surface area contributed by atoms with E-state index in [4.69, 9.17) is 0 Å².